The van der Waals surface area contributed by atoms with Gasteiger partial charge in [-0.05, 0) is 58.5 Å². The van der Waals surface area contributed by atoms with Crippen LogP contribution in [0.15, 0.2) is 53.2 Å². The number of thioether (sulfide) groups is 1. The normalized spacial score (nSPS) is 15.7. The molecule has 1 atom stereocenters. The number of carbonyl (C=O) groups excluding carboxylic acids is 1. The Kier molecular flexibility index (Phi) is 9.17. The standard InChI is InChI=1S/C26H28N2O4S3/c29-22(17-21-3-1-2-19(16-21)4-5-20-10-14-33-18-20)8-11-27-13-15-34-26(32)28(27)12-9-23-6-7-24(35-23)25(30)31/h1-7,10,14,16,18,22,29H,8-9,11-13,15,17H2,(H,30,31)/b5-4+. The SMILES string of the molecule is O=C(O)c1ccc(CCN2C(=O)SCCN2CCC(O)Cc2cccc(/C=C/c3ccsc3)c2)s1. The first-order valence-electron chi connectivity index (χ1n) is 11.5. The smallest absolute Gasteiger partial charge is 0.345 e. The van der Waals surface area contributed by atoms with Gasteiger partial charge >= 0.3 is 5.97 Å². The highest BCUT2D eigenvalue weighted by atomic mass is 32.2. The average molecular weight is 529 g/mol. The number of carboxylic acids is 1. The summed E-state index contributed by atoms with van der Waals surface area (Å²) in [5.41, 5.74) is 3.37. The molecule has 35 heavy (non-hydrogen) atoms. The highest BCUT2D eigenvalue weighted by molar-refractivity contribution is 8.13. The number of amides is 1. The number of hydrogen-bond acceptors (Lipinski definition) is 7. The van der Waals surface area contributed by atoms with Crippen LogP contribution >= 0.6 is 34.4 Å². The molecule has 4 rings (SSSR count). The molecule has 1 aromatic carbocycles. The summed E-state index contributed by atoms with van der Waals surface area (Å²) < 4.78 is 0. The van der Waals surface area contributed by atoms with Gasteiger partial charge in [0.15, 0.2) is 0 Å². The summed E-state index contributed by atoms with van der Waals surface area (Å²) in [6, 6.07) is 13.7. The van der Waals surface area contributed by atoms with E-state index in [-0.39, 0.29) is 5.24 Å². The van der Waals surface area contributed by atoms with Gasteiger partial charge < -0.3 is 10.2 Å². The number of nitrogens with zero attached hydrogens (tertiary/aromatic N) is 2. The number of thiophene rings is 2. The van der Waals surface area contributed by atoms with Crippen LogP contribution in [-0.4, -0.2) is 62.9 Å². The Morgan fingerprint density at radius 2 is 1.97 bits per heavy atom. The number of aromatic carboxylic acids is 1. The van der Waals surface area contributed by atoms with E-state index in [1.165, 1.54) is 28.7 Å². The first-order chi connectivity index (χ1) is 17.0. The molecule has 3 aromatic rings. The van der Waals surface area contributed by atoms with Gasteiger partial charge in [0, 0.05) is 36.7 Å². The first kappa shape index (κ1) is 25.7. The Bertz CT molecular complexity index is 1160. The van der Waals surface area contributed by atoms with E-state index >= 15 is 0 Å². The minimum Gasteiger partial charge on any atom is -0.477 e. The molecule has 0 spiro atoms. The molecule has 0 aliphatic carbocycles. The Morgan fingerprint density at radius 3 is 2.74 bits per heavy atom. The molecule has 9 heteroatoms. The van der Waals surface area contributed by atoms with E-state index in [2.05, 4.69) is 41.1 Å². The molecule has 0 saturated carbocycles. The molecule has 184 valence electrons. The monoisotopic (exact) mass is 528 g/mol. The van der Waals surface area contributed by atoms with E-state index in [1.807, 2.05) is 23.2 Å². The van der Waals surface area contributed by atoms with E-state index in [0.717, 1.165) is 28.3 Å². The molecular weight excluding hydrogens is 500 g/mol. The molecule has 6 nitrogen and oxygen atoms in total. The van der Waals surface area contributed by atoms with E-state index in [4.69, 9.17) is 5.11 Å². The van der Waals surface area contributed by atoms with Crippen molar-refractivity contribution in [3.8, 4) is 0 Å². The fourth-order valence-electron chi connectivity index (χ4n) is 3.92. The Hall–Kier alpha value is -2.43. The van der Waals surface area contributed by atoms with Crippen LogP contribution in [0.3, 0.4) is 0 Å². The summed E-state index contributed by atoms with van der Waals surface area (Å²) in [5.74, 6) is -0.197. The van der Waals surface area contributed by atoms with Crippen LogP contribution in [0, 0.1) is 0 Å². The number of aliphatic hydroxyl groups excluding tert-OH is 1. The van der Waals surface area contributed by atoms with Gasteiger partial charge in [0.05, 0.1) is 6.10 Å². The summed E-state index contributed by atoms with van der Waals surface area (Å²) in [4.78, 5) is 24.9. The number of carbonyl (C=O) groups is 2. The van der Waals surface area contributed by atoms with Crippen molar-refractivity contribution in [2.75, 3.05) is 25.4 Å². The Morgan fingerprint density at radius 1 is 1.11 bits per heavy atom. The molecule has 0 radical (unpaired) electrons. The molecule has 1 fully saturated rings. The van der Waals surface area contributed by atoms with Crippen LogP contribution < -0.4 is 0 Å². The molecular formula is C26H28N2O4S3. The van der Waals surface area contributed by atoms with Gasteiger partial charge in [-0.3, -0.25) is 9.80 Å². The predicted octanol–water partition coefficient (Wildman–Crippen LogP) is 5.60. The van der Waals surface area contributed by atoms with Crippen LogP contribution in [0.4, 0.5) is 4.79 Å². The number of hydrogen-bond donors (Lipinski definition) is 2. The van der Waals surface area contributed by atoms with Gasteiger partial charge in [-0.1, -0.05) is 48.2 Å². The lowest BCUT2D eigenvalue weighted by atomic mass is 10.0. The summed E-state index contributed by atoms with van der Waals surface area (Å²) in [5, 5.41) is 27.8. The number of hydrazine groups is 1. The van der Waals surface area contributed by atoms with E-state index in [1.54, 1.807) is 22.4 Å². The minimum absolute atomic E-state index is 0.00543. The summed E-state index contributed by atoms with van der Waals surface area (Å²) in [6.45, 7) is 1.84. The third-order valence-corrected chi connectivity index (χ3v) is 8.40. The molecule has 1 amide bonds. The fraction of sp³-hybridized carbons (Fsp3) is 0.308. The second-order valence-corrected chi connectivity index (χ2v) is 11.3. The van der Waals surface area contributed by atoms with Crippen molar-refractivity contribution in [1.82, 2.24) is 10.0 Å². The lowest BCUT2D eigenvalue weighted by Gasteiger charge is -2.38. The van der Waals surface area contributed by atoms with Gasteiger partial charge in [-0.15, -0.1) is 11.3 Å². The van der Waals surface area contributed by atoms with Crippen molar-refractivity contribution in [3.63, 3.8) is 0 Å². The second kappa shape index (κ2) is 12.5. The summed E-state index contributed by atoms with van der Waals surface area (Å²) in [6.07, 6.45) is 5.39. The van der Waals surface area contributed by atoms with Crippen molar-refractivity contribution in [2.45, 2.75) is 25.4 Å². The average Bonchev–Trinajstić information content (AvgIpc) is 3.53. The zero-order chi connectivity index (χ0) is 24.6. The van der Waals surface area contributed by atoms with Gasteiger partial charge in [0.1, 0.15) is 4.88 Å². The van der Waals surface area contributed by atoms with Crippen molar-refractivity contribution < 1.29 is 19.8 Å². The Balaban J connectivity index is 1.29. The number of benzene rings is 1. The molecule has 2 N–H and O–H groups in total. The topological polar surface area (TPSA) is 81.1 Å². The van der Waals surface area contributed by atoms with Gasteiger partial charge in [0.25, 0.3) is 5.24 Å². The molecule has 1 unspecified atom stereocenters. The quantitative estimate of drug-likeness (QED) is 0.337. The molecule has 2 aromatic heterocycles. The molecule has 3 heterocycles. The minimum atomic E-state index is -0.925. The summed E-state index contributed by atoms with van der Waals surface area (Å²) >= 11 is 4.22. The van der Waals surface area contributed by atoms with Crippen LogP contribution in [0.25, 0.3) is 12.2 Å². The first-order valence-corrected chi connectivity index (χ1v) is 14.2. The van der Waals surface area contributed by atoms with E-state index in [0.29, 0.717) is 37.2 Å². The largest absolute Gasteiger partial charge is 0.477 e. The zero-order valence-electron chi connectivity index (χ0n) is 19.2. The molecule has 1 aliphatic rings. The van der Waals surface area contributed by atoms with Crippen LogP contribution in [0.2, 0.25) is 0 Å². The van der Waals surface area contributed by atoms with Crippen molar-refractivity contribution in [2.24, 2.45) is 0 Å². The molecule has 1 saturated heterocycles. The maximum absolute atomic E-state index is 12.5. The van der Waals surface area contributed by atoms with E-state index < -0.39 is 12.1 Å². The van der Waals surface area contributed by atoms with Crippen LogP contribution in [0.1, 0.15) is 37.7 Å². The van der Waals surface area contributed by atoms with Crippen molar-refractivity contribution in [1.29, 1.82) is 0 Å². The number of rotatable bonds is 11. The predicted molar refractivity (Wildman–Crippen MR) is 145 cm³/mol. The highest BCUT2D eigenvalue weighted by Crippen LogP contribution is 2.22. The Labute approximate surface area is 217 Å². The van der Waals surface area contributed by atoms with Crippen molar-refractivity contribution in [3.05, 3.63) is 79.7 Å². The third kappa shape index (κ3) is 7.52. The lowest BCUT2D eigenvalue weighted by Crippen LogP contribution is -2.51. The third-order valence-electron chi connectivity index (χ3n) is 5.72. The number of aliphatic hydroxyl groups is 1. The molecule has 0 bridgehead atoms. The van der Waals surface area contributed by atoms with Crippen LogP contribution in [0.5, 0.6) is 0 Å². The van der Waals surface area contributed by atoms with Gasteiger partial charge in [0.2, 0.25) is 0 Å². The van der Waals surface area contributed by atoms with Gasteiger partial charge in [-0.25, -0.2) is 9.80 Å². The molecule has 1 aliphatic heterocycles. The summed E-state index contributed by atoms with van der Waals surface area (Å²) in [7, 11) is 0. The number of carboxylic acid groups (broad SMARTS) is 1. The fourth-order valence-corrected chi connectivity index (χ4v) is 6.21. The van der Waals surface area contributed by atoms with Gasteiger partial charge in [-0.2, -0.15) is 11.3 Å². The van der Waals surface area contributed by atoms with E-state index in [9.17, 15) is 14.7 Å². The maximum atomic E-state index is 12.5. The second-order valence-electron chi connectivity index (χ2n) is 8.29. The van der Waals surface area contributed by atoms with Crippen molar-refractivity contribution >= 4 is 57.8 Å². The zero-order valence-corrected chi connectivity index (χ0v) is 21.7. The highest BCUT2D eigenvalue weighted by Gasteiger charge is 2.27. The lowest BCUT2D eigenvalue weighted by molar-refractivity contribution is 0.0148. The van der Waals surface area contributed by atoms with Crippen LogP contribution in [-0.2, 0) is 12.8 Å². The maximum Gasteiger partial charge on any atom is 0.345 e.